The fourth-order valence-corrected chi connectivity index (χ4v) is 2.50. The van der Waals surface area contributed by atoms with Crippen LogP contribution in [0.5, 0.6) is 0 Å². The van der Waals surface area contributed by atoms with E-state index < -0.39 is 0 Å². The highest BCUT2D eigenvalue weighted by atomic mass is 127. The second-order valence-corrected chi connectivity index (χ2v) is 5.80. The molecule has 2 rings (SSSR count). The summed E-state index contributed by atoms with van der Waals surface area (Å²) in [5.41, 5.74) is 2.29. The average Bonchev–Trinajstić information content (AvgIpc) is 2.17. The molecule has 1 heterocycles. The Morgan fingerprint density at radius 2 is 2.00 bits per heavy atom. The molecule has 0 saturated carbocycles. The lowest BCUT2D eigenvalue weighted by atomic mass is 10.1. The minimum absolute atomic E-state index is 0.991. The van der Waals surface area contributed by atoms with Crippen molar-refractivity contribution < 1.29 is 0 Å². The molecule has 1 nitrogen and oxygen atoms in total. The van der Waals surface area contributed by atoms with E-state index in [1.54, 1.807) is 0 Å². The lowest BCUT2D eigenvalue weighted by Crippen LogP contribution is -1.88. The molecule has 0 saturated heterocycles. The molecule has 72 valence electrons. The Kier molecular flexibility index (Phi) is 3.14. The van der Waals surface area contributed by atoms with Crippen LogP contribution < -0.4 is 0 Å². The summed E-state index contributed by atoms with van der Waals surface area (Å²) in [5.74, 6) is 0. The van der Waals surface area contributed by atoms with E-state index in [9.17, 15) is 0 Å². The van der Waals surface area contributed by atoms with Gasteiger partial charge < -0.3 is 0 Å². The summed E-state index contributed by atoms with van der Waals surface area (Å²) >= 11 is 9.32. The van der Waals surface area contributed by atoms with Gasteiger partial charge in [0, 0.05) is 19.6 Å². The summed E-state index contributed by atoms with van der Waals surface area (Å²) in [7, 11) is 0. The number of rotatable bonds is 0. The molecule has 0 N–H and O–H groups in total. The summed E-state index contributed by atoms with van der Waals surface area (Å²) in [6, 6.07) is 4.20. The molecule has 0 unspecified atom stereocenters. The van der Waals surface area contributed by atoms with Crippen LogP contribution in [0.4, 0.5) is 0 Å². The van der Waals surface area contributed by atoms with Gasteiger partial charge in [0.1, 0.15) is 0 Å². The van der Waals surface area contributed by atoms with Crippen molar-refractivity contribution in [3.63, 3.8) is 0 Å². The fraction of sp³-hybridized carbons (Fsp3) is 0.100. The van der Waals surface area contributed by atoms with Crippen LogP contribution in [0.3, 0.4) is 0 Å². The van der Waals surface area contributed by atoms with Crippen molar-refractivity contribution in [1.29, 1.82) is 0 Å². The molecule has 0 aliphatic rings. The van der Waals surface area contributed by atoms with E-state index in [1.807, 2.05) is 6.20 Å². The van der Waals surface area contributed by atoms with Gasteiger partial charge in [0.2, 0.25) is 0 Å². The molecular formula is C10H6Br2IN. The highest BCUT2D eigenvalue weighted by molar-refractivity contribution is 14.1. The van der Waals surface area contributed by atoms with E-state index in [1.165, 1.54) is 9.13 Å². The Balaban J connectivity index is 2.94. The first-order valence-electron chi connectivity index (χ1n) is 4.00. The molecule has 0 amide bonds. The third-order valence-corrected chi connectivity index (χ3v) is 5.27. The van der Waals surface area contributed by atoms with Crippen LogP contribution in [0.25, 0.3) is 10.9 Å². The standard InChI is InChI=1S/C10H6Br2IN/c1-5-8(13)3-2-6-9(12)7(11)4-14-10(5)6/h2-4H,1H3. The lowest BCUT2D eigenvalue weighted by Gasteiger charge is -2.06. The van der Waals surface area contributed by atoms with Gasteiger partial charge in [-0.1, -0.05) is 6.07 Å². The molecule has 1 aromatic carbocycles. The molecule has 0 aliphatic heterocycles. The maximum atomic E-state index is 4.42. The lowest BCUT2D eigenvalue weighted by molar-refractivity contribution is 1.33. The molecule has 1 aromatic heterocycles. The van der Waals surface area contributed by atoms with Crippen LogP contribution in [-0.2, 0) is 0 Å². The highest BCUT2D eigenvalue weighted by Gasteiger charge is 2.07. The minimum atomic E-state index is 0.991. The summed E-state index contributed by atoms with van der Waals surface area (Å²) in [5, 5.41) is 1.15. The number of fused-ring (bicyclic) bond motifs is 1. The van der Waals surface area contributed by atoms with E-state index >= 15 is 0 Å². The third kappa shape index (κ3) is 1.72. The second-order valence-electron chi connectivity index (χ2n) is 2.99. The number of aromatic nitrogens is 1. The van der Waals surface area contributed by atoms with Gasteiger partial charge in [-0.25, -0.2) is 0 Å². The zero-order valence-electron chi connectivity index (χ0n) is 7.31. The van der Waals surface area contributed by atoms with E-state index in [2.05, 4.69) is 78.5 Å². The van der Waals surface area contributed by atoms with Crippen molar-refractivity contribution >= 4 is 65.4 Å². The SMILES string of the molecule is Cc1c(I)ccc2c(Br)c(Br)cnc12. The van der Waals surface area contributed by atoms with Gasteiger partial charge in [-0.3, -0.25) is 4.98 Å². The Morgan fingerprint density at radius 3 is 2.71 bits per heavy atom. The molecule has 0 spiro atoms. The van der Waals surface area contributed by atoms with E-state index in [0.717, 1.165) is 19.8 Å². The third-order valence-electron chi connectivity index (χ3n) is 2.12. The van der Waals surface area contributed by atoms with E-state index in [0.29, 0.717) is 0 Å². The Morgan fingerprint density at radius 1 is 1.29 bits per heavy atom. The van der Waals surface area contributed by atoms with Crippen LogP contribution in [0.2, 0.25) is 0 Å². The predicted octanol–water partition coefficient (Wildman–Crippen LogP) is 4.67. The van der Waals surface area contributed by atoms with Gasteiger partial charge in [-0.05, 0) is 73.0 Å². The normalized spacial score (nSPS) is 10.9. The van der Waals surface area contributed by atoms with Crippen LogP contribution in [-0.4, -0.2) is 4.98 Å². The zero-order chi connectivity index (χ0) is 10.3. The number of nitrogens with zero attached hydrogens (tertiary/aromatic N) is 1. The van der Waals surface area contributed by atoms with Gasteiger partial charge in [-0.15, -0.1) is 0 Å². The number of hydrogen-bond acceptors (Lipinski definition) is 1. The first kappa shape index (κ1) is 10.8. The molecule has 0 radical (unpaired) electrons. The van der Waals surface area contributed by atoms with Crippen LogP contribution in [0.1, 0.15) is 5.56 Å². The average molecular weight is 427 g/mol. The quantitative estimate of drug-likeness (QED) is 0.558. The van der Waals surface area contributed by atoms with Crippen molar-refractivity contribution in [3.05, 3.63) is 36.4 Å². The number of pyridine rings is 1. The molecule has 0 fully saturated rings. The molecule has 14 heavy (non-hydrogen) atoms. The van der Waals surface area contributed by atoms with Gasteiger partial charge in [0.15, 0.2) is 0 Å². The maximum Gasteiger partial charge on any atom is 0.0753 e. The Labute approximate surface area is 113 Å². The number of benzene rings is 1. The van der Waals surface area contributed by atoms with Crippen molar-refractivity contribution in [3.8, 4) is 0 Å². The monoisotopic (exact) mass is 425 g/mol. The van der Waals surface area contributed by atoms with Crippen molar-refractivity contribution in [2.45, 2.75) is 6.92 Å². The zero-order valence-corrected chi connectivity index (χ0v) is 12.6. The topological polar surface area (TPSA) is 12.9 Å². The first-order valence-corrected chi connectivity index (χ1v) is 6.66. The van der Waals surface area contributed by atoms with Crippen LogP contribution in [0, 0.1) is 10.5 Å². The maximum absolute atomic E-state index is 4.42. The molecule has 0 bridgehead atoms. The smallest absolute Gasteiger partial charge is 0.0753 e. The second kappa shape index (κ2) is 4.06. The van der Waals surface area contributed by atoms with Gasteiger partial charge in [0.05, 0.1) is 9.99 Å². The summed E-state index contributed by atoms with van der Waals surface area (Å²) in [4.78, 5) is 4.42. The van der Waals surface area contributed by atoms with Crippen molar-refractivity contribution in [1.82, 2.24) is 4.98 Å². The Bertz CT molecular complexity index is 464. The van der Waals surface area contributed by atoms with Gasteiger partial charge >= 0.3 is 0 Å². The summed E-state index contributed by atoms with van der Waals surface area (Å²) < 4.78 is 3.31. The fourth-order valence-electron chi connectivity index (χ4n) is 1.33. The van der Waals surface area contributed by atoms with Crippen LogP contribution >= 0.6 is 54.5 Å². The predicted molar refractivity (Wildman–Crippen MR) is 74.6 cm³/mol. The largest absolute Gasteiger partial charge is 0.255 e. The molecule has 4 heteroatoms. The van der Waals surface area contributed by atoms with Crippen molar-refractivity contribution in [2.75, 3.05) is 0 Å². The molecule has 0 aliphatic carbocycles. The van der Waals surface area contributed by atoms with Crippen molar-refractivity contribution in [2.24, 2.45) is 0 Å². The van der Waals surface area contributed by atoms with Gasteiger partial charge in [-0.2, -0.15) is 0 Å². The summed E-state index contributed by atoms with van der Waals surface area (Å²) in [6.07, 6.45) is 1.83. The number of halogens is 3. The number of hydrogen-bond donors (Lipinski definition) is 0. The highest BCUT2D eigenvalue weighted by Crippen LogP contribution is 2.32. The van der Waals surface area contributed by atoms with E-state index in [4.69, 9.17) is 0 Å². The molecule has 0 atom stereocenters. The first-order chi connectivity index (χ1) is 6.61. The minimum Gasteiger partial charge on any atom is -0.255 e. The van der Waals surface area contributed by atoms with Crippen LogP contribution in [0.15, 0.2) is 27.3 Å². The van der Waals surface area contributed by atoms with E-state index in [-0.39, 0.29) is 0 Å². The van der Waals surface area contributed by atoms with Gasteiger partial charge in [0.25, 0.3) is 0 Å². The number of aryl methyl sites for hydroxylation is 1. The molecular weight excluding hydrogens is 421 g/mol. The molecule has 2 aromatic rings. The Hall–Kier alpha value is 0.320. The summed E-state index contributed by atoms with van der Waals surface area (Å²) in [6.45, 7) is 2.09.